The third-order valence-electron chi connectivity index (χ3n) is 3.23. The van der Waals surface area contributed by atoms with E-state index in [1.54, 1.807) is 12.3 Å². The number of carbonyl (C=O) groups excluding carboxylic acids is 1. The average molecular weight is 284 g/mol. The lowest BCUT2D eigenvalue weighted by Crippen LogP contribution is -2.02. The van der Waals surface area contributed by atoms with Crippen LogP contribution in [0.2, 0.25) is 0 Å². The van der Waals surface area contributed by atoms with Crippen molar-refractivity contribution in [2.45, 2.75) is 12.8 Å². The lowest BCUT2D eigenvalue weighted by Gasteiger charge is -1.96. The zero-order chi connectivity index (χ0) is 14.8. The third-order valence-corrected chi connectivity index (χ3v) is 3.23. The Morgan fingerprint density at radius 1 is 1.00 bits per heavy atom. The molecule has 5 nitrogen and oxygen atoms in total. The first-order chi connectivity index (χ1) is 10.1. The second-order valence-electron chi connectivity index (χ2n) is 4.69. The summed E-state index contributed by atoms with van der Waals surface area (Å²) in [6.45, 7) is 0. The van der Waals surface area contributed by atoms with E-state index in [9.17, 15) is 9.59 Å². The minimum Gasteiger partial charge on any atom is -0.481 e. The van der Waals surface area contributed by atoms with Gasteiger partial charge in [0.25, 0.3) is 0 Å². The summed E-state index contributed by atoms with van der Waals surface area (Å²) in [6, 6.07) is 9.16. The summed E-state index contributed by atoms with van der Waals surface area (Å²) < 4.78 is 10.5. The number of ketones is 1. The first kappa shape index (κ1) is 13.2. The van der Waals surface area contributed by atoms with Gasteiger partial charge >= 0.3 is 5.97 Å². The van der Waals surface area contributed by atoms with E-state index in [1.807, 2.05) is 24.3 Å². The molecule has 106 valence electrons. The summed E-state index contributed by atoms with van der Waals surface area (Å²) in [4.78, 5) is 22.3. The van der Waals surface area contributed by atoms with E-state index >= 15 is 0 Å². The molecule has 2 aromatic heterocycles. The topological polar surface area (TPSA) is 80.6 Å². The number of rotatable bonds is 5. The molecule has 21 heavy (non-hydrogen) atoms. The molecule has 1 N–H and O–H groups in total. The van der Waals surface area contributed by atoms with Gasteiger partial charge in [0.05, 0.1) is 18.9 Å². The largest absolute Gasteiger partial charge is 0.481 e. The maximum Gasteiger partial charge on any atom is 0.303 e. The molecule has 0 fully saturated rings. The molecule has 3 rings (SSSR count). The van der Waals surface area contributed by atoms with Crippen molar-refractivity contribution in [3.8, 4) is 11.1 Å². The van der Waals surface area contributed by atoms with Crippen LogP contribution in [0, 0.1) is 0 Å². The molecule has 0 aliphatic carbocycles. The van der Waals surface area contributed by atoms with Gasteiger partial charge < -0.3 is 13.9 Å². The molecule has 0 aliphatic heterocycles. The van der Waals surface area contributed by atoms with E-state index in [-0.39, 0.29) is 24.4 Å². The predicted octanol–water partition coefficient (Wildman–Crippen LogP) is 3.74. The first-order valence-electron chi connectivity index (χ1n) is 6.44. The molecule has 0 bridgehead atoms. The number of Topliss-reactive ketones (excluding diaryl/α,β-unsaturated/α-hetero) is 1. The summed E-state index contributed by atoms with van der Waals surface area (Å²) in [6.07, 6.45) is 2.85. The highest BCUT2D eigenvalue weighted by molar-refractivity contribution is 5.96. The molecule has 0 saturated heterocycles. The highest BCUT2D eigenvalue weighted by Crippen LogP contribution is 2.27. The zero-order valence-electron chi connectivity index (χ0n) is 11.0. The van der Waals surface area contributed by atoms with Gasteiger partial charge in [-0.15, -0.1) is 0 Å². The Balaban J connectivity index is 1.83. The van der Waals surface area contributed by atoms with Gasteiger partial charge in [-0.25, -0.2) is 0 Å². The number of carbonyl (C=O) groups is 2. The van der Waals surface area contributed by atoms with E-state index in [0.717, 1.165) is 22.1 Å². The zero-order valence-corrected chi connectivity index (χ0v) is 11.0. The number of fused-ring (bicyclic) bond motifs is 1. The van der Waals surface area contributed by atoms with E-state index in [0.29, 0.717) is 0 Å². The monoisotopic (exact) mass is 284 g/mol. The van der Waals surface area contributed by atoms with Crippen molar-refractivity contribution >= 4 is 22.7 Å². The number of aliphatic carboxylic acids is 1. The quantitative estimate of drug-likeness (QED) is 0.722. The number of benzene rings is 1. The Bertz CT molecular complexity index is 809. The molecule has 1 aromatic carbocycles. The van der Waals surface area contributed by atoms with Crippen LogP contribution in [0.15, 0.2) is 51.7 Å². The van der Waals surface area contributed by atoms with Gasteiger partial charge in [0.1, 0.15) is 5.58 Å². The number of hydrogen-bond acceptors (Lipinski definition) is 4. The summed E-state index contributed by atoms with van der Waals surface area (Å²) in [5.74, 6) is -1.13. The summed E-state index contributed by atoms with van der Waals surface area (Å²) in [5.41, 5.74) is 2.47. The molecule has 0 radical (unpaired) electrons. The molecule has 0 aliphatic rings. The van der Waals surface area contributed by atoms with Crippen LogP contribution in [0.5, 0.6) is 0 Å². The molecule has 0 spiro atoms. The fraction of sp³-hybridized carbons (Fsp3) is 0.125. The summed E-state index contributed by atoms with van der Waals surface area (Å²) in [7, 11) is 0. The van der Waals surface area contributed by atoms with Gasteiger partial charge in [0.15, 0.2) is 11.5 Å². The minimum atomic E-state index is -1.000. The van der Waals surface area contributed by atoms with Gasteiger partial charge in [-0.1, -0.05) is 6.07 Å². The van der Waals surface area contributed by atoms with Crippen molar-refractivity contribution in [1.82, 2.24) is 0 Å². The van der Waals surface area contributed by atoms with E-state index in [4.69, 9.17) is 13.9 Å². The summed E-state index contributed by atoms with van der Waals surface area (Å²) >= 11 is 0. The number of hydrogen-bond donors (Lipinski definition) is 1. The van der Waals surface area contributed by atoms with Crippen molar-refractivity contribution in [1.29, 1.82) is 0 Å². The van der Waals surface area contributed by atoms with E-state index < -0.39 is 5.97 Å². The Labute approximate surface area is 119 Å². The molecule has 0 amide bonds. The smallest absolute Gasteiger partial charge is 0.303 e. The fourth-order valence-corrected chi connectivity index (χ4v) is 2.12. The van der Waals surface area contributed by atoms with Crippen LogP contribution >= 0.6 is 0 Å². The normalized spacial score (nSPS) is 10.9. The van der Waals surface area contributed by atoms with Crippen LogP contribution in [0.4, 0.5) is 0 Å². The summed E-state index contributed by atoms with van der Waals surface area (Å²) in [5, 5.41) is 9.55. The third kappa shape index (κ3) is 2.72. The second-order valence-corrected chi connectivity index (χ2v) is 4.69. The number of furan rings is 2. The van der Waals surface area contributed by atoms with Gasteiger partial charge in [-0.2, -0.15) is 0 Å². The van der Waals surface area contributed by atoms with Crippen LogP contribution in [0.25, 0.3) is 22.1 Å². The van der Waals surface area contributed by atoms with Crippen molar-refractivity contribution in [3.63, 3.8) is 0 Å². The highest BCUT2D eigenvalue weighted by atomic mass is 16.4. The van der Waals surface area contributed by atoms with Gasteiger partial charge in [0, 0.05) is 17.4 Å². The van der Waals surface area contributed by atoms with Crippen LogP contribution in [0.3, 0.4) is 0 Å². The standard InChI is InChI=1S/C16H12O5/c17-13(2-4-16(18)19)15-8-12(9-21-15)10-1-3-14-11(7-10)5-6-20-14/h1,3,5-9H,2,4H2,(H,18,19). The van der Waals surface area contributed by atoms with Crippen LogP contribution in [0.1, 0.15) is 23.4 Å². The van der Waals surface area contributed by atoms with Gasteiger partial charge in [-0.3, -0.25) is 9.59 Å². The Kier molecular flexibility index (Phi) is 3.31. The molecule has 0 saturated carbocycles. The molecule has 3 aromatic rings. The molecule has 2 heterocycles. The molecule has 5 heteroatoms. The fourth-order valence-electron chi connectivity index (χ4n) is 2.12. The molecular weight excluding hydrogens is 272 g/mol. The molecule has 0 unspecified atom stereocenters. The van der Waals surface area contributed by atoms with Crippen molar-refractivity contribution in [2.75, 3.05) is 0 Å². The minimum absolute atomic E-state index is 0.0664. The second kappa shape index (κ2) is 5.28. The maximum atomic E-state index is 11.8. The predicted molar refractivity (Wildman–Crippen MR) is 75.1 cm³/mol. The lowest BCUT2D eigenvalue weighted by atomic mass is 10.1. The molecular formula is C16H12O5. The number of carboxylic acids is 1. The Hall–Kier alpha value is -2.82. The molecule has 0 atom stereocenters. The SMILES string of the molecule is O=C(O)CCC(=O)c1cc(-c2ccc3occc3c2)co1. The van der Waals surface area contributed by atoms with Crippen molar-refractivity contribution in [3.05, 3.63) is 48.6 Å². The van der Waals surface area contributed by atoms with Crippen LogP contribution in [-0.4, -0.2) is 16.9 Å². The Morgan fingerprint density at radius 2 is 1.86 bits per heavy atom. The Morgan fingerprint density at radius 3 is 2.67 bits per heavy atom. The highest BCUT2D eigenvalue weighted by Gasteiger charge is 2.14. The van der Waals surface area contributed by atoms with Crippen LogP contribution in [-0.2, 0) is 4.79 Å². The van der Waals surface area contributed by atoms with E-state index in [2.05, 4.69) is 0 Å². The first-order valence-corrected chi connectivity index (χ1v) is 6.44. The van der Waals surface area contributed by atoms with Crippen molar-refractivity contribution in [2.24, 2.45) is 0 Å². The van der Waals surface area contributed by atoms with Crippen molar-refractivity contribution < 1.29 is 23.5 Å². The average Bonchev–Trinajstić information content (AvgIpc) is 3.12. The van der Waals surface area contributed by atoms with Gasteiger partial charge in [-0.05, 0) is 29.8 Å². The lowest BCUT2D eigenvalue weighted by molar-refractivity contribution is -0.136. The van der Waals surface area contributed by atoms with Gasteiger partial charge in [0.2, 0.25) is 0 Å². The number of carboxylic acid groups (broad SMARTS) is 1. The van der Waals surface area contributed by atoms with E-state index in [1.165, 1.54) is 6.26 Å². The van der Waals surface area contributed by atoms with Crippen LogP contribution < -0.4 is 0 Å². The maximum absolute atomic E-state index is 11.8.